The molecular weight excluding hydrogens is 292 g/mol. The quantitative estimate of drug-likeness (QED) is 0.864. The first-order chi connectivity index (χ1) is 9.70. The van der Waals surface area contributed by atoms with Crippen LogP contribution in [0.15, 0.2) is 0 Å². The van der Waals surface area contributed by atoms with Crippen molar-refractivity contribution < 1.29 is 19.1 Å². The van der Waals surface area contributed by atoms with Crippen LogP contribution in [0.25, 0.3) is 0 Å². The fourth-order valence-corrected chi connectivity index (χ4v) is 2.83. The molecule has 0 saturated carbocycles. The van der Waals surface area contributed by atoms with Gasteiger partial charge in [-0.15, -0.1) is 11.3 Å². The fourth-order valence-electron chi connectivity index (χ4n) is 1.61. The van der Waals surface area contributed by atoms with E-state index in [-0.39, 0.29) is 23.3 Å². The number of ether oxygens (including phenoxy) is 1. The van der Waals surface area contributed by atoms with Gasteiger partial charge in [0, 0.05) is 20.0 Å². The molecule has 0 fully saturated rings. The molecule has 1 heterocycles. The Hall–Kier alpha value is -1.89. The van der Waals surface area contributed by atoms with Crippen LogP contribution < -0.4 is 5.32 Å². The summed E-state index contributed by atoms with van der Waals surface area (Å²) in [6.45, 7) is 5.17. The van der Waals surface area contributed by atoms with E-state index in [0.29, 0.717) is 15.4 Å². The zero-order chi connectivity index (χ0) is 16.3. The summed E-state index contributed by atoms with van der Waals surface area (Å²) in [7, 11) is 4.53. The third-order valence-electron chi connectivity index (χ3n) is 2.90. The molecule has 6 nitrogen and oxygen atoms in total. The van der Waals surface area contributed by atoms with Gasteiger partial charge in [0.15, 0.2) is 0 Å². The van der Waals surface area contributed by atoms with Crippen molar-refractivity contribution in [3.8, 4) is 0 Å². The van der Waals surface area contributed by atoms with Gasteiger partial charge >= 0.3 is 5.97 Å². The van der Waals surface area contributed by atoms with Gasteiger partial charge < -0.3 is 15.0 Å². The molecule has 21 heavy (non-hydrogen) atoms. The van der Waals surface area contributed by atoms with Crippen LogP contribution in [0.2, 0.25) is 0 Å². The highest BCUT2D eigenvalue weighted by Crippen LogP contribution is 2.34. The average molecular weight is 312 g/mol. The Balaban J connectivity index is 3.34. The van der Waals surface area contributed by atoms with Gasteiger partial charge in [-0.25, -0.2) is 4.79 Å². The number of hydrogen-bond donors (Lipinski definition) is 1. The van der Waals surface area contributed by atoms with Crippen molar-refractivity contribution in [1.29, 1.82) is 0 Å². The van der Waals surface area contributed by atoms with E-state index in [9.17, 15) is 14.4 Å². The topological polar surface area (TPSA) is 75.7 Å². The maximum absolute atomic E-state index is 12.1. The highest BCUT2D eigenvalue weighted by atomic mass is 32.1. The summed E-state index contributed by atoms with van der Waals surface area (Å²) in [5.74, 6) is -1.23. The van der Waals surface area contributed by atoms with Gasteiger partial charge in [0.2, 0.25) is 5.91 Å². The van der Waals surface area contributed by atoms with Crippen LogP contribution in [0.3, 0.4) is 0 Å². The van der Waals surface area contributed by atoms with Crippen molar-refractivity contribution in [1.82, 2.24) is 4.90 Å². The zero-order valence-electron chi connectivity index (χ0n) is 13.1. The number of nitrogens with zero attached hydrogens (tertiary/aromatic N) is 1. The minimum atomic E-state index is -0.569. The van der Waals surface area contributed by atoms with Crippen LogP contribution in [0, 0.1) is 12.8 Å². The van der Waals surface area contributed by atoms with Crippen LogP contribution in [0.5, 0.6) is 0 Å². The number of thiophene rings is 1. The molecule has 0 atom stereocenters. The lowest BCUT2D eigenvalue weighted by atomic mass is 10.1. The Morgan fingerprint density at radius 3 is 2.24 bits per heavy atom. The van der Waals surface area contributed by atoms with Gasteiger partial charge in [0.25, 0.3) is 5.91 Å². The molecule has 1 rings (SSSR count). The third kappa shape index (κ3) is 3.60. The van der Waals surface area contributed by atoms with Crippen LogP contribution in [-0.4, -0.2) is 43.9 Å². The zero-order valence-corrected chi connectivity index (χ0v) is 13.9. The number of nitrogens with one attached hydrogen (secondary N) is 1. The van der Waals surface area contributed by atoms with Crippen molar-refractivity contribution in [2.24, 2.45) is 5.92 Å². The van der Waals surface area contributed by atoms with E-state index < -0.39 is 5.97 Å². The van der Waals surface area contributed by atoms with E-state index in [1.165, 1.54) is 12.0 Å². The number of anilines is 1. The highest BCUT2D eigenvalue weighted by Gasteiger charge is 2.27. The molecule has 0 radical (unpaired) electrons. The lowest BCUT2D eigenvalue weighted by Crippen LogP contribution is -2.21. The molecule has 1 aromatic rings. The molecule has 0 aliphatic rings. The molecule has 2 amide bonds. The van der Waals surface area contributed by atoms with E-state index in [1.54, 1.807) is 34.9 Å². The van der Waals surface area contributed by atoms with Crippen LogP contribution >= 0.6 is 11.3 Å². The maximum atomic E-state index is 12.1. The first-order valence-electron chi connectivity index (χ1n) is 6.44. The molecule has 0 aromatic carbocycles. The van der Waals surface area contributed by atoms with Gasteiger partial charge in [-0.05, 0) is 12.5 Å². The van der Waals surface area contributed by atoms with Crippen molar-refractivity contribution in [3.63, 3.8) is 0 Å². The number of amides is 2. The van der Waals surface area contributed by atoms with Crippen LogP contribution in [0.4, 0.5) is 5.00 Å². The Morgan fingerprint density at radius 1 is 1.24 bits per heavy atom. The molecule has 1 N–H and O–H groups in total. The average Bonchev–Trinajstić information content (AvgIpc) is 2.73. The Morgan fingerprint density at radius 2 is 1.81 bits per heavy atom. The normalized spacial score (nSPS) is 10.4. The first kappa shape index (κ1) is 17.2. The second kappa shape index (κ2) is 6.71. The molecule has 0 aliphatic heterocycles. The number of carbonyl (C=O) groups excluding carboxylic acids is 3. The summed E-state index contributed by atoms with van der Waals surface area (Å²) in [5.41, 5.74) is 0.756. The SMILES string of the molecule is COC(=O)c1c(NC(=O)C(C)C)sc(C(=O)N(C)C)c1C. The summed E-state index contributed by atoms with van der Waals surface area (Å²) >= 11 is 1.09. The number of hydrogen-bond acceptors (Lipinski definition) is 5. The predicted octanol–water partition coefficient (Wildman–Crippen LogP) is 2.14. The summed E-state index contributed by atoms with van der Waals surface area (Å²) in [6, 6.07) is 0. The van der Waals surface area contributed by atoms with E-state index in [4.69, 9.17) is 4.74 Å². The van der Waals surface area contributed by atoms with Crippen molar-refractivity contribution in [2.45, 2.75) is 20.8 Å². The summed E-state index contributed by atoms with van der Waals surface area (Å²) in [6.07, 6.45) is 0. The van der Waals surface area contributed by atoms with E-state index in [1.807, 2.05) is 0 Å². The first-order valence-corrected chi connectivity index (χ1v) is 7.26. The van der Waals surface area contributed by atoms with Gasteiger partial charge in [-0.2, -0.15) is 0 Å². The van der Waals surface area contributed by atoms with E-state index in [2.05, 4.69) is 5.32 Å². The minimum absolute atomic E-state index is 0.215. The number of esters is 1. The Kier molecular flexibility index (Phi) is 5.48. The Labute approximate surface area is 128 Å². The Bertz CT molecular complexity index is 576. The maximum Gasteiger partial charge on any atom is 0.341 e. The van der Waals surface area contributed by atoms with Crippen LogP contribution in [-0.2, 0) is 9.53 Å². The standard InChI is InChI=1S/C14H20N2O4S/c1-7(2)11(17)15-12-9(14(19)20-6)8(3)10(21-12)13(18)16(4)5/h7H,1-6H3,(H,15,17). The van der Waals surface area contributed by atoms with Gasteiger partial charge in [-0.3, -0.25) is 9.59 Å². The fraction of sp³-hybridized carbons (Fsp3) is 0.500. The van der Waals surface area contributed by atoms with Crippen molar-refractivity contribution in [2.75, 3.05) is 26.5 Å². The number of carbonyl (C=O) groups is 3. The summed E-state index contributed by atoms with van der Waals surface area (Å²) in [4.78, 5) is 37.7. The lowest BCUT2D eigenvalue weighted by molar-refractivity contribution is -0.118. The molecule has 0 aliphatic carbocycles. The molecule has 116 valence electrons. The van der Waals surface area contributed by atoms with E-state index >= 15 is 0 Å². The number of methoxy groups -OCH3 is 1. The largest absolute Gasteiger partial charge is 0.465 e. The second-order valence-electron chi connectivity index (χ2n) is 5.10. The van der Waals surface area contributed by atoms with E-state index in [0.717, 1.165) is 11.3 Å². The third-order valence-corrected chi connectivity index (χ3v) is 4.09. The minimum Gasteiger partial charge on any atom is -0.465 e. The molecular formula is C14H20N2O4S. The monoisotopic (exact) mass is 312 g/mol. The number of rotatable bonds is 4. The molecule has 0 saturated heterocycles. The molecule has 1 aromatic heterocycles. The lowest BCUT2D eigenvalue weighted by Gasteiger charge is -2.08. The highest BCUT2D eigenvalue weighted by molar-refractivity contribution is 7.18. The smallest absolute Gasteiger partial charge is 0.341 e. The molecule has 0 unspecified atom stereocenters. The summed E-state index contributed by atoms with van der Waals surface area (Å²) in [5, 5.41) is 3.04. The second-order valence-corrected chi connectivity index (χ2v) is 6.12. The van der Waals surface area contributed by atoms with Gasteiger partial charge in [0.05, 0.1) is 17.6 Å². The van der Waals surface area contributed by atoms with Gasteiger partial charge in [-0.1, -0.05) is 13.8 Å². The van der Waals surface area contributed by atoms with Crippen molar-refractivity contribution >= 4 is 34.1 Å². The van der Waals surface area contributed by atoms with Crippen LogP contribution in [0.1, 0.15) is 39.4 Å². The predicted molar refractivity (Wildman–Crippen MR) is 81.9 cm³/mol. The summed E-state index contributed by atoms with van der Waals surface area (Å²) < 4.78 is 4.74. The molecule has 7 heteroatoms. The molecule has 0 spiro atoms. The van der Waals surface area contributed by atoms with Crippen molar-refractivity contribution in [3.05, 3.63) is 16.0 Å². The molecule has 0 bridgehead atoms. The van der Waals surface area contributed by atoms with Gasteiger partial charge in [0.1, 0.15) is 5.00 Å².